The van der Waals surface area contributed by atoms with E-state index >= 15 is 0 Å². The van der Waals surface area contributed by atoms with Crippen molar-refractivity contribution >= 4 is 17.7 Å². The molecule has 0 heterocycles. The number of hydrogen-bond donors (Lipinski definition) is 2. The molecule has 0 spiro atoms. The molecule has 0 aliphatic heterocycles. The lowest BCUT2D eigenvalue weighted by atomic mass is 9.90. The fourth-order valence-electron chi connectivity index (χ4n) is 3.30. The fraction of sp³-hybridized carbons (Fsp3) is 0.938. The van der Waals surface area contributed by atoms with E-state index in [-0.39, 0.29) is 6.04 Å². The molecule has 1 saturated carbocycles. The predicted octanol–water partition coefficient (Wildman–Crippen LogP) is 3.92. The smallest absolute Gasteiger partial charge is 0.323 e. The second kappa shape index (κ2) is 7.69. The Kier molecular flexibility index (Phi) is 6.86. The number of carboxylic acids is 1. The maximum atomic E-state index is 11.6. The van der Waals surface area contributed by atoms with Crippen molar-refractivity contribution in [1.82, 2.24) is 5.32 Å². The molecular formula is C16H31NO2S. The van der Waals surface area contributed by atoms with Crippen LogP contribution < -0.4 is 5.32 Å². The molecule has 2 N–H and O–H groups in total. The summed E-state index contributed by atoms with van der Waals surface area (Å²) in [6.45, 7) is 10.3. The Balaban J connectivity index is 2.53. The normalized spacial score (nSPS) is 28.1. The first kappa shape index (κ1) is 17.8. The largest absolute Gasteiger partial charge is 0.480 e. The first-order valence-corrected chi connectivity index (χ1v) is 8.83. The molecule has 20 heavy (non-hydrogen) atoms. The van der Waals surface area contributed by atoms with Gasteiger partial charge in [-0.2, -0.15) is 11.8 Å². The van der Waals surface area contributed by atoms with E-state index in [9.17, 15) is 9.90 Å². The summed E-state index contributed by atoms with van der Waals surface area (Å²) in [5, 5.41) is 13.8. The Morgan fingerprint density at radius 3 is 2.55 bits per heavy atom. The fourth-order valence-corrected chi connectivity index (χ4v) is 5.13. The Labute approximate surface area is 128 Å². The molecule has 1 fully saturated rings. The van der Waals surface area contributed by atoms with Gasteiger partial charge in [0.25, 0.3) is 0 Å². The van der Waals surface area contributed by atoms with E-state index in [0.29, 0.717) is 16.9 Å². The zero-order valence-corrected chi connectivity index (χ0v) is 14.4. The SMILES string of the molecule is CC1CCCC(SC(C)CC(C)(NC(C)C)C(=O)O)C1. The van der Waals surface area contributed by atoms with Crippen LogP contribution in [0.5, 0.6) is 0 Å². The summed E-state index contributed by atoms with van der Waals surface area (Å²) in [6.07, 6.45) is 5.94. The third-order valence-electron chi connectivity index (χ3n) is 4.09. The second-order valence-electron chi connectivity index (χ2n) is 6.98. The van der Waals surface area contributed by atoms with Gasteiger partial charge in [0.05, 0.1) is 0 Å². The van der Waals surface area contributed by atoms with E-state index in [0.717, 1.165) is 5.92 Å². The van der Waals surface area contributed by atoms with Crippen molar-refractivity contribution in [3.63, 3.8) is 0 Å². The topological polar surface area (TPSA) is 49.3 Å². The number of aliphatic carboxylic acids is 1. The molecule has 0 amide bonds. The molecular weight excluding hydrogens is 270 g/mol. The van der Waals surface area contributed by atoms with Crippen LogP contribution in [0.4, 0.5) is 0 Å². The highest BCUT2D eigenvalue weighted by atomic mass is 32.2. The number of thioether (sulfide) groups is 1. The van der Waals surface area contributed by atoms with Crippen molar-refractivity contribution in [2.45, 2.75) is 88.8 Å². The molecule has 4 unspecified atom stereocenters. The van der Waals surface area contributed by atoms with Crippen molar-refractivity contribution < 1.29 is 9.90 Å². The van der Waals surface area contributed by atoms with Crippen LogP contribution in [0.25, 0.3) is 0 Å². The van der Waals surface area contributed by atoms with Gasteiger partial charge in [-0.3, -0.25) is 10.1 Å². The lowest BCUT2D eigenvalue weighted by Crippen LogP contribution is -2.53. The summed E-state index contributed by atoms with van der Waals surface area (Å²) in [7, 11) is 0. The van der Waals surface area contributed by atoms with Gasteiger partial charge in [-0.1, -0.05) is 26.7 Å². The molecule has 0 aromatic carbocycles. The van der Waals surface area contributed by atoms with Gasteiger partial charge in [-0.15, -0.1) is 0 Å². The van der Waals surface area contributed by atoms with E-state index in [4.69, 9.17) is 0 Å². The Morgan fingerprint density at radius 1 is 1.40 bits per heavy atom. The van der Waals surface area contributed by atoms with Gasteiger partial charge in [0.1, 0.15) is 5.54 Å². The van der Waals surface area contributed by atoms with Gasteiger partial charge in [0.2, 0.25) is 0 Å². The number of hydrogen-bond acceptors (Lipinski definition) is 3. The number of rotatable bonds is 7. The molecule has 0 aromatic heterocycles. The predicted molar refractivity (Wildman–Crippen MR) is 87.4 cm³/mol. The third-order valence-corrected chi connectivity index (χ3v) is 5.53. The van der Waals surface area contributed by atoms with Gasteiger partial charge in [0, 0.05) is 16.5 Å². The molecule has 1 aliphatic rings. The molecule has 0 saturated heterocycles. The van der Waals surface area contributed by atoms with Crippen LogP contribution in [0, 0.1) is 5.92 Å². The first-order chi connectivity index (χ1) is 9.23. The molecule has 3 nitrogen and oxygen atoms in total. The van der Waals surface area contributed by atoms with Crippen LogP contribution in [-0.4, -0.2) is 33.2 Å². The molecule has 1 aliphatic carbocycles. The molecule has 4 atom stereocenters. The Bertz CT molecular complexity index is 322. The maximum Gasteiger partial charge on any atom is 0.323 e. The van der Waals surface area contributed by atoms with Gasteiger partial charge < -0.3 is 5.11 Å². The lowest BCUT2D eigenvalue weighted by Gasteiger charge is -2.33. The van der Waals surface area contributed by atoms with Gasteiger partial charge >= 0.3 is 5.97 Å². The van der Waals surface area contributed by atoms with E-state index in [2.05, 4.69) is 19.2 Å². The summed E-state index contributed by atoms with van der Waals surface area (Å²) >= 11 is 1.99. The maximum absolute atomic E-state index is 11.6. The van der Waals surface area contributed by atoms with Crippen molar-refractivity contribution in [3.05, 3.63) is 0 Å². The summed E-state index contributed by atoms with van der Waals surface area (Å²) in [5.74, 6) is 0.0868. The zero-order chi connectivity index (χ0) is 15.3. The molecule has 0 bridgehead atoms. The minimum Gasteiger partial charge on any atom is -0.480 e. The monoisotopic (exact) mass is 301 g/mol. The van der Waals surface area contributed by atoms with E-state index in [1.54, 1.807) is 0 Å². The summed E-state index contributed by atoms with van der Waals surface area (Å²) in [6, 6.07) is 0.183. The number of carboxylic acid groups (broad SMARTS) is 1. The van der Waals surface area contributed by atoms with Crippen LogP contribution in [0.3, 0.4) is 0 Å². The highest BCUT2D eigenvalue weighted by Crippen LogP contribution is 2.36. The van der Waals surface area contributed by atoms with Crippen LogP contribution in [0.1, 0.15) is 66.7 Å². The quantitative estimate of drug-likeness (QED) is 0.748. The van der Waals surface area contributed by atoms with Crippen LogP contribution >= 0.6 is 11.8 Å². The number of carbonyl (C=O) groups is 1. The molecule has 1 rings (SSSR count). The van der Waals surface area contributed by atoms with Gasteiger partial charge in [-0.25, -0.2) is 0 Å². The van der Waals surface area contributed by atoms with Gasteiger partial charge in [0.15, 0.2) is 0 Å². The summed E-state index contributed by atoms with van der Waals surface area (Å²) < 4.78 is 0. The van der Waals surface area contributed by atoms with Crippen LogP contribution in [0.15, 0.2) is 0 Å². The van der Waals surface area contributed by atoms with E-state index in [1.807, 2.05) is 32.5 Å². The Morgan fingerprint density at radius 2 is 2.05 bits per heavy atom. The highest BCUT2D eigenvalue weighted by Gasteiger charge is 2.36. The third kappa shape index (κ3) is 5.65. The number of nitrogens with one attached hydrogen (secondary N) is 1. The molecule has 118 valence electrons. The Hall–Kier alpha value is -0.220. The molecule has 0 aromatic rings. The van der Waals surface area contributed by atoms with Crippen molar-refractivity contribution in [2.24, 2.45) is 5.92 Å². The summed E-state index contributed by atoms with van der Waals surface area (Å²) in [5.41, 5.74) is -0.819. The van der Waals surface area contributed by atoms with E-state index in [1.165, 1.54) is 25.7 Å². The average Bonchev–Trinajstić information content (AvgIpc) is 2.26. The first-order valence-electron chi connectivity index (χ1n) is 7.89. The van der Waals surface area contributed by atoms with Crippen LogP contribution in [0.2, 0.25) is 0 Å². The van der Waals surface area contributed by atoms with Crippen molar-refractivity contribution in [3.8, 4) is 0 Å². The zero-order valence-electron chi connectivity index (χ0n) is 13.6. The van der Waals surface area contributed by atoms with E-state index < -0.39 is 11.5 Å². The lowest BCUT2D eigenvalue weighted by molar-refractivity contribution is -0.144. The second-order valence-corrected chi connectivity index (χ2v) is 8.72. The minimum atomic E-state index is -0.819. The van der Waals surface area contributed by atoms with Crippen molar-refractivity contribution in [2.75, 3.05) is 0 Å². The minimum absolute atomic E-state index is 0.183. The molecule has 0 radical (unpaired) electrons. The average molecular weight is 301 g/mol. The van der Waals surface area contributed by atoms with Crippen molar-refractivity contribution in [1.29, 1.82) is 0 Å². The highest BCUT2D eigenvalue weighted by molar-refractivity contribution is 8.00. The molecule has 4 heteroatoms. The van der Waals surface area contributed by atoms with Gasteiger partial charge in [-0.05, 0) is 46.0 Å². The van der Waals surface area contributed by atoms with Crippen LogP contribution in [-0.2, 0) is 4.79 Å². The standard InChI is InChI=1S/C16H31NO2S/c1-11(2)17-16(5,15(18)19)10-13(4)20-14-8-6-7-12(3)9-14/h11-14,17H,6-10H2,1-5H3,(H,18,19). The summed E-state index contributed by atoms with van der Waals surface area (Å²) in [4.78, 5) is 11.6.